The summed E-state index contributed by atoms with van der Waals surface area (Å²) in [5.41, 5.74) is 2.88. The SMILES string of the molecule is CC#CCC(CC1CCCCC1)NN. The van der Waals surface area contributed by atoms with Crippen LogP contribution in [0.3, 0.4) is 0 Å². The summed E-state index contributed by atoms with van der Waals surface area (Å²) in [5, 5.41) is 0. The van der Waals surface area contributed by atoms with Crippen molar-refractivity contribution in [1.82, 2.24) is 5.43 Å². The quantitative estimate of drug-likeness (QED) is 0.409. The first-order chi connectivity index (χ1) is 6.86. The van der Waals surface area contributed by atoms with Gasteiger partial charge in [0, 0.05) is 12.5 Å². The van der Waals surface area contributed by atoms with Crippen LogP contribution in [-0.4, -0.2) is 6.04 Å². The van der Waals surface area contributed by atoms with Crippen LogP contribution in [0.2, 0.25) is 0 Å². The summed E-state index contributed by atoms with van der Waals surface area (Å²) in [5.74, 6) is 12.4. The van der Waals surface area contributed by atoms with Gasteiger partial charge in [-0.15, -0.1) is 11.8 Å². The zero-order valence-corrected chi connectivity index (χ0v) is 9.18. The summed E-state index contributed by atoms with van der Waals surface area (Å²) < 4.78 is 0. The van der Waals surface area contributed by atoms with E-state index in [2.05, 4.69) is 17.3 Å². The van der Waals surface area contributed by atoms with E-state index in [1.54, 1.807) is 0 Å². The summed E-state index contributed by atoms with van der Waals surface area (Å²) in [6.45, 7) is 1.88. The predicted molar refractivity (Wildman–Crippen MR) is 60.4 cm³/mol. The maximum Gasteiger partial charge on any atom is 0.0322 e. The molecule has 1 atom stereocenters. The first kappa shape index (κ1) is 11.6. The molecule has 1 saturated carbocycles. The lowest BCUT2D eigenvalue weighted by Gasteiger charge is -2.25. The highest BCUT2D eigenvalue weighted by Gasteiger charge is 2.17. The molecule has 0 amide bonds. The molecule has 0 aliphatic heterocycles. The van der Waals surface area contributed by atoms with Gasteiger partial charge in [-0.3, -0.25) is 11.3 Å². The third-order valence-corrected chi connectivity index (χ3v) is 3.10. The van der Waals surface area contributed by atoms with Gasteiger partial charge in [-0.2, -0.15) is 0 Å². The molecule has 3 N–H and O–H groups in total. The Bertz CT molecular complexity index is 196. The standard InChI is InChI=1S/C12H22N2/c1-2-3-9-12(14-13)10-11-7-5-4-6-8-11/h11-12,14H,4-10,13H2,1H3. The minimum absolute atomic E-state index is 0.394. The van der Waals surface area contributed by atoms with Gasteiger partial charge in [0.2, 0.25) is 0 Å². The zero-order chi connectivity index (χ0) is 10.2. The molecule has 1 unspecified atom stereocenters. The molecule has 80 valence electrons. The molecule has 2 nitrogen and oxygen atoms in total. The Morgan fingerprint density at radius 2 is 2.07 bits per heavy atom. The monoisotopic (exact) mass is 194 g/mol. The van der Waals surface area contributed by atoms with Gasteiger partial charge in [0.1, 0.15) is 0 Å². The fourth-order valence-electron chi connectivity index (χ4n) is 2.26. The molecule has 0 aromatic rings. The number of nitrogens with two attached hydrogens (primary N) is 1. The number of hydrazine groups is 1. The Kier molecular flexibility index (Phi) is 5.66. The summed E-state index contributed by atoms with van der Waals surface area (Å²) >= 11 is 0. The van der Waals surface area contributed by atoms with Crippen molar-refractivity contribution in [1.29, 1.82) is 0 Å². The topological polar surface area (TPSA) is 38.0 Å². The molecule has 1 rings (SSSR count). The van der Waals surface area contributed by atoms with Crippen molar-refractivity contribution in [3.63, 3.8) is 0 Å². The van der Waals surface area contributed by atoms with Crippen molar-refractivity contribution in [3.05, 3.63) is 0 Å². The summed E-state index contributed by atoms with van der Waals surface area (Å²) in [6, 6.07) is 0.394. The van der Waals surface area contributed by atoms with Gasteiger partial charge in [-0.05, 0) is 19.3 Å². The lowest BCUT2D eigenvalue weighted by atomic mass is 9.84. The lowest BCUT2D eigenvalue weighted by Crippen LogP contribution is -2.36. The maximum absolute atomic E-state index is 5.51. The van der Waals surface area contributed by atoms with Crippen LogP contribution in [-0.2, 0) is 0 Å². The van der Waals surface area contributed by atoms with Crippen molar-refractivity contribution in [3.8, 4) is 11.8 Å². The molecule has 1 aliphatic carbocycles. The molecule has 14 heavy (non-hydrogen) atoms. The maximum atomic E-state index is 5.51. The average Bonchev–Trinajstić information content (AvgIpc) is 2.25. The molecular formula is C12H22N2. The molecule has 0 saturated heterocycles. The van der Waals surface area contributed by atoms with Gasteiger partial charge in [0.15, 0.2) is 0 Å². The van der Waals surface area contributed by atoms with E-state index >= 15 is 0 Å². The molecule has 0 spiro atoms. The van der Waals surface area contributed by atoms with Crippen LogP contribution >= 0.6 is 0 Å². The van der Waals surface area contributed by atoms with Gasteiger partial charge in [-0.1, -0.05) is 32.1 Å². The van der Waals surface area contributed by atoms with Gasteiger partial charge in [-0.25, -0.2) is 0 Å². The second kappa shape index (κ2) is 6.86. The summed E-state index contributed by atoms with van der Waals surface area (Å²) in [6.07, 6.45) is 9.10. The Labute approximate surface area is 87.6 Å². The van der Waals surface area contributed by atoms with E-state index in [1.165, 1.54) is 38.5 Å². The normalized spacial score (nSPS) is 19.9. The van der Waals surface area contributed by atoms with E-state index in [4.69, 9.17) is 5.84 Å². The summed E-state index contributed by atoms with van der Waals surface area (Å²) in [7, 11) is 0. The highest BCUT2D eigenvalue weighted by atomic mass is 15.2. The minimum Gasteiger partial charge on any atom is -0.271 e. The largest absolute Gasteiger partial charge is 0.271 e. The molecule has 0 aromatic heterocycles. The van der Waals surface area contributed by atoms with Crippen LogP contribution in [0.1, 0.15) is 51.9 Å². The van der Waals surface area contributed by atoms with Crippen molar-refractivity contribution in [2.24, 2.45) is 11.8 Å². The van der Waals surface area contributed by atoms with Crippen LogP contribution in [0.4, 0.5) is 0 Å². The Hall–Kier alpha value is -0.520. The van der Waals surface area contributed by atoms with Crippen LogP contribution in [0.25, 0.3) is 0 Å². The lowest BCUT2D eigenvalue weighted by molar-refractivity contribution is 0.300. The van der Waals surface area contributed by atoms with E-state index in [1.807, 2.05) is 6.92 Å². The van der Waals surface area contributed by atoms with Crippen LogP contribution in [0, 0.1) is 17.8 Å². The van der Waals surface area contributed by atoms with E-state index < -0.39 is 0 Å². The smallest absolute Gasteiger partial charge is 0.0322 e. The molecule has 1 aliphatic rings. The molecule has 2 heteroatoms. The second-order valence-corrected chi connectivity index (χ2v) is 4.23. The Morgan fingerprint density at radius 3 is 2.64 bits per heavy atom. The number of rotatable bonds is 4. The van der Waals surface area contributed by atoms with Gasteiger partial charge >= 0.3 is 0 Å². The van der Waals surface area contributed by atoms with Crippen molar-refractivity contribution >= 4 is 0 Å². The van der Waals surface area contributed by atoms with Crippen molar-refractivity contribution in [2.45, 2.75) is 57.9 Å². The fourth-order valence-corrected chi connectivity index (χ4v) is 2.26. The molecule has 0 heterocycles. The Morgan fingerprint density at radius 1 is 1.36 bits per heavy atom. The molecular weight excluding hydrogens is 172 g/mol. The van der Waals surface area contributed by atoms with E-state index in [-0.39, 0.29) is 0 Å². The van der Waals surface area contributed by atoms with Gasteiger partial charge < -0.3 is 0 Å². The molecule has 0 radical (unpaired) electrons. The zero-order valence-electron chi connectivity index (χ0n) is 9.18. The van der Waals surface area contributed by atoms with Crippen molar-refractivity contribution in [2.75, 3.05) is 0 Å². The van der Waals surface area contributed by atoms with Crippen LogP contribution in [0.5, 0.6) is 0 Å². The third-order valence-electron chi connectivity index (χ3n) is 3.10. The van der Waals surface area contributed by atoms with Gasteiger partial charge in [0.05, 0.1) is 0 Å². The van der Waals surface area contributed by atoms with E-state index in [9.17, 15) is 0 Å². The fraction of sp³-hybridized carbons (Fsp3) is 0.833. The third kappa shape index (κ3) is 4.13. The highest BCUT2D eigenvalue weighted by Crippen LogP contribution is 2.27. The Balaban J connectivity index is 2.25. The summed E-state index contributed by atoms with van der Waals surface area (Å²) in [4.78, 5) is 0. The van der Waals surface area contributed by atoms with E-state index in [0.717, 1.165) is 12.3 Å². The minimum atomic E-state index is 0.394. The molecule has 1 fully saturated rings. The van der Waals surface area contributed by atoms with Gasteiger partial charge in [0.25, 0.3) is 0 Å². The highest BCUT2D eigenvalue weighted by molar-refractivity contribution is 4.98. The first-order valence-corrected chi connectivity index (χ1v) is 5.72. The van der Waals surface area contributed by atoms with Crippen molar-refractivity contribution < 1.29 is 0 Å². The number of nitrogens with one attached hydrogen (secondary N) is 1. The number of hydrogen-bond acceptors (Lipinski definition) is 2. The number of hydrogen-bond donors (Lipinski definition) is 2. The van der Waals surface area contributed by atoms with Crippen LogP contribution < -0.4 is 11.3 Å². The first-order valence-electron chi connectivity index (χ1n) is 5.72. The molecule has 0 bridgehead atoms. The predicted octanol–water partition coefficient (Wildman–Crippen LogP) is 2.20. The average molecular weight is 194 g/mol. The molecule has 0 aromatic carbocycles. The van der Waals surface area contributed by atoms with E-state index in [0.29, 0.717) is 6.04 Å². The van der Waals surface area contributed by atoms with Crippen LogP contribution in [0.15, 0.2) is 0 Å². The second-order valence-electron chi connectivity index (χ2n) is 4.23.